The summed E-state index contributed by atoms with van der Waals surface area (Å²) in [5, 5.41) is 0. The molecule has 0 heterocycles. The maximum Gasteiger partial charge on any atom is 1.00 e. The van der Waals surface area contributed by atoms with Crippen molar-refractivity contribution in [3.05, 3.63) is 24.3 Å². The summed E-state index contributed by atoms with van der Waals surface area (Å²) in [5.41, 5.74) is 0. The molecule has 0 aliphatic heterocycles. The van der Waals surface area contributed by atoms with Crippen LogP contribution < -0.4 is 29.6 Å². The van der Waals surface area contributed by atoms with Gasteiger partial charge in [-0.15, -0.1) is 0 Å². The smallest absolute Gasteiger partial charge is 1.00 e. The van der Waals surface area contributed by atoms with Crippen molar-refractivity contribution in [3.8, 4) is 0 Å². The molecule has 0 N–H and O–H groups in total. The summed E-state index contributed by atoms with van der Waals surface area (Å²) < 4.78 is 59.6. The van der Waals surface area contributed by atoms with Crippen molar-refractivity contribution in [2.45, 2.75) is 126 Å². The van der Waals surface area contributed by atoms with E-state index >= 15 is 0 Å². The number of unbranched alkanes of at least 4 members (excludes halogenated alkanes) is 14. The first kappa shape index (κ1) is 35.0. The minimum atomic E-state index is -3.90. The maximum absolute atomic E-state index is 12.4. The van der Waals surface area contributed by atoms with Gasteiger partial charge < -0.3 is 1.43 Å². The molecular formula is C26H47NaO6S2. The summed E-state index contributed by atoms with van der Waals surface area (Å²) in [4.78, 5) is -0.0943. The molecule has 0 aromatic heterocycles. The molecule has 1 aromatic carbocycles. The van der Waals surface area contributed by atoms with Gasteiger partial charge in [0.2, 0.25) is 0 Å². The molecule has 9 heteroatoms. The van der Waals surface area contributed by atoms with Crippen LogP contribution in [0.1, 0.15) is 118 Å². The van der Waals surface area contributed by atoms with Crippen molar-refractivity contribution in [1.82, 2.24) is 0 Å². The molecule has 0 saturated carbocycles. The van der Waals surface area contributed by atoms with Gasteiger partial charge in [0.15, 0.2) is 0 Å². The zero-order valence-corrected chi connectivity index (χ0v) is 25.9. The summed E-state index contributed by atoms with van der Waals surface area (Å²) in [5.74, 6) is 0. The van der Waals surface area contributed by atoms with Gasteiger partial charge in [0.1, 0.15) is 0 Å². The topological polar surface area (TPSA) is 86.7 Å². The normalized spacial score (nSPS) is 11.9. The van der Waals surface area contributed by atoms with Crippen LogP contribution in [0.3, 0.4) is 0 Å². The number of benzene rings is 1. The van der Waals surface area contributed by atoms with E-state index in [4.69, 9.17) is 8.37 Å². The fraction of sp³-hybridized carbons (Fsp3) is 0.769. The summed E-state index contributed by atoms with van der Waals surface area (Å²) in [7, 11) is -7.80. The van der Waals surface area contributed by atoms with E-state index in [0.29, 0.717) is 12.8 Å². The zero-order valence-electron chi connectivity index (χ0n) is 23.3. The Morgan fingerprint density at radius 3 is 1.06 bits per heavy atom. The molecule has 0 fully saturated rings. The molecule has 200 valence electrons. The molecule has 0 unspecified atom stereocenters. The monoisotopic (exact) mass is 542 g/mol. The minimum absolute atomic E-state index is 0. The van der Waals surface area contributed by atoms with Crippen molar-refractivity contribution in [1.29, 1.82) is 0 Å². The van der Waals surface area contributed by atoms with Crippen LogP contribution in [0.25, 0.3) is 0 Å². The first-order chi connectivity index (χ1) is 16.3. The average molecular weight is 543 g/mol. The summed E-state index contributed by atoms with van der Waals surface area (Å²) in [6.07, 6.45) is 17.7. The third-order valence-electron chi connectivity index (χ3n) is 5.87. The van der Waals surface area contributed by atoms with Crippen molar-refractivity contribution < 1.29 is 56.2 Å². The van der Waals surface area contributed by atoms with Crippen LogP contribution in [-0.4, -0.2) is 30.0 Å². The molecule has 0 radical (unpaired) electrons. The molecule has 0 amide bonds. The molecule has 0 spiro atoms. The Bertz CT molecular complexity index is 775. The number of hydrogen-bond acceptors (Lipinski definition) is 6. The van der Waals surface area contributed by atoms with Gasteiger partial charge in [-0.2, -0.15) is 16.8 Å². The van der Waals surface area contributed by atoms with E-state index in [1.54, 1.807) is 0 Å². The first-order valence-corrected chi connectivity index (χ1v) is 16.0. The minimum Gasteiger partial charge on any atom is -1.00 e. The van der Waals surface area contributed by atoms with E-state index in [-0.39, 0.29) is 54.0 Å². The molecule has 0 aliphatic carbocycles. The van der Waals surface area contributed by atoms with Gasteiger partial charge in [-0.1, -0.05) is 104 Å². The van der Waals surface area contributed by atoms with Crippen LogP contribution in [0.5, 0.6) is 0 Å². The van der Waals surface area contributed by atoms with Crippen LogP contribution in [0.15, 0.2) is 34.1 Å². The Morgan fingerprint density at radius 1 is 0.514 bits per heavy atom. The average Bonchev–Trinajstić information content (AvgIpc) is 2.82. The van der Waals surface area contributed by atoms with Gasteiger partial charge >= 0.3 is 29.6 Å². The Hall–Kier alpha value is 0.0400. The van der Waals surface area contributed by atoms with Crippen molar-refractivity contribution in [2.75, 3.05) is 13.2 Å². The second kappa shape index (κ2) is 21.0. The van der Waals surface area contributed by atoms with Gasteiger partial charge in [0.05, 0.1) is 23.0 Å². The molecule has 6 nitrogen and oxygen atoms in total. The van der Waals surface area contributed by atoms with E-state index in [1.807, 2.05) is 0 Å². The second-order valence-electron chi connectivity index (χ2n) is 8.97. The van der Waals surface area contributed by atoms with E-state index in [2.05, 4.69) is 13.8 Å². The summed E-state index contributed by atoms with van der Waals surface area (Å²) in [6, 6.07) is 5.04. The Balaban J connectivity index is 0. The fourth-order valence-corrected chi connectivity index (χ4v) is 5.60. The van der Waals surface area contributed by atoms with Gasteiger partial charge in [0, 0.05) is 0 Å². The Kier molecular flexibility index (Phi) is 21.0. The standard InChI is InChI=1S/C26H46O6S2.Na.H/c1-3-5-7-9-11-13-15-17-23-31-33(27,28)25-19-21-26(22-20-25)34(29,30)32-24-18-16-14-12-10-8-6-4-2;;/h19-22H,3-18,23-24H2,1-2H3;;/q;+1;-1. The quantitative estimate of drug-likeness (QED) is 0.122. The van der Waals surface area contributed by atoms with E-state index in [0.717, 1.165) is 25.7 Å². The van der Waals surface area contributed by atoms with Crippen molar-refractivity contribution in [2.24, 2.45) is 0 Å². The van der Waals surface area contributed by atoms with Crippen molar-refractivity contribution in [3.63, 3.8) is 0 Å². The molecule has 1 aromatic rings. The fourth-order valence-electron chi connectivity index (χ4n) is 3.72. The molecule has 0 aliphatic rings. The SMILES string of the molecule is CCCCCCCCCCOS(=O)(=O)c1ccc(S(=O)(=O)OCCCCCCCCCC)cc1.[H-].[Na+]. The van der Waals surface area contributed by atoms with Crippen LogP contribution in [0.4, 0.5) is 0 Å². The predicted octanol–water partition coefficient (Wildman–Crippen LogP) is 4.50. The van der Waals surface area contributed by atoms with Crippen LogP contribution >= 0.6 is 0 Å². The molecular weight excluding hydrogens is 495 g/mol. The molecule has 0 saturated heterocycles. The molecule has 0 bridgehead atoms. The third-order valence-corrected chi connectivity index (χ3v) is 8.53. The molecule has 1 rings (SSSR count). The number of rotatable bonds is 22. The van der Waals surface area contributed by atoms with Gasteiger partial charge in [0.25, 0.3) is 20.2 Å². The van der Waals surface area contributed by atoms with Crippen LogP contribution in [-0.2, 0) is 28.6 Å². The Morgan fingerprint density at radius 2 is 0.771 bits per heavy atom. The Labute approximate surface area is 239 Å². The second-order valence-corrected chi connectivity index (χ2v) is 12.2. The molecule has 35 heavy (non-hydrogen) atoms. The van der Waals surface area contributed by atoms with Gasteiger partial charge in [-0.25, -0.2) is 0 Å². The van der Waals surface area contributed by atoms with E-state index in [1.165, 1.54) is 88.5 Å². The predicted molar refractivity (Wildman–Crippen MR) is 139 cm³/mol. The van der Waals surface area contributed by atoms with Crippen LogP contribution in [0.2, 0.25) is 0 Å². The van der Waals surface area contributed by atoms with Crippen molar-refractivity contribution >= 4 is 20.2 Å². The number of hydrogen-bond donors (Lipinski definition) is 0. The van der Waals surface area contributed by atoms with Gasteiger partial charge in [-0.3, -0.25) is 8.37 Å². The zero-order chi connectivity index (χ0) is 25.1. The van der Waals surface area contributed by atoms with Gasteiger partial charge in [-0.05, 0) is 37.1 Å². The van der Waals surface area contributed by atoms with Crippen LogP contribution in [0, 0.1) is 0 Å². The summed E-state index contributed by atoms with van der Waals surface area (Å²) in [6.45, 7) is 4.66. The first-order valence-electron chi connectivity index (χ1n) is 13.2. The molecule has 0 atom stereocenters. The van der Waals surface area contributed by atoms with E-state index < -0.39 is 20.2 Å². The largest absolute Gasteiger partial charge is 1.00 e. The third kappa shape index (κ3) is 16.5. The summed E-state index contributed by atoms with van der Waals surface area (Å²) >= 11 is 0. The maximum atomic E-state index is 12.4. The van der Waals surface area contributed by atoms with E-state index in [9.17, 15) is 16.8 Å².